The maximum absolute atomic E-state index is 13.2. The number of H-pyrrole nitrogens is 1. The molecule has 5 nitrogen and oxygen atoms in total. The van der Waals surface area contributed by atoms with Crippen molar-refractivity contribution in [2.45, 2.75) is 50.7 Å². The molecular formula is C20H25N3O2. The van der Waals surface area contributed by atoms with Crippen molar-refractivity contribution >= 4 is 5.91 Å². The number of hydrogen-bond acceptors (Lipinski definition) is 3. The summed E-state index contributed by atoms with van der Waals surface area (Å²) in [5.41, 5.74) is 2.75. The molecule has 2 aliphatic carbocycles. The molecule has 4 rings (SSSR count). The quantitative estimate of drug-likeness (QED) is 0.850. The van der Waals surface area contributed by atoms with E-state index in [1.165, 1.54) is 18.4 Å². The van der Waals surface area contributed by atoms with Crippen molar-refractivity contribution in [3.63, 3.8) is 0 Å². The lowest BCUT2D eigenvalue weighted by molar-refractivity contribution is -0.124. The van der Waals surface area contributed by atoms with Gasteiger partial charge < -0.3 is 10.1 Å². The van der Waals surface area contributed by atoms with Crippen LogP contribution in [0.25, 0.3) is 0 Å². The summed E-state index contributed by atoms with van der Waals surface area (Å²) in [6.07, 6.45) is 5.79. The number of nitrogens with zero attached hydrogens (tertiary/aromatic N) is 1. The second-order valence-electron chi connectivity index (χ2n) is 7.44. The Bertz CT molecular complexity index is 749. The molecule has 5 heteroatoms. The average Bonchev–Trinajstić information content (AvgIpc) is 2.94. The van der Waals surface area contributed by atoms with Crippen LogP contribution in [0, 0.1) is 5.41 Å². The molecule has 1 atom stereocenters. The molecule has 2 aromatic rings. The normalized spacial score (nSPS) is 23.7. The number of carbonyl (C=O) groups excluding carboxylic acids is 1. The van der Waals surface area contributed by atoms with Gasteiger partial charge in [0.2, 0.25) is 5.91 Å². The van der Waals surface area contributed by atoms with Gasteiger partial charge in [-0.15, -0.1) is 0 Å². The van der Waals surface area contributed by atoms with Gasteiger partial charge in [-0.05, 0) is 36.3 Å². The Balaban J connectivity index is 1.51. The molecule has 1 aromatic carbocycles. The van der Waals surface area contributed by atoms with E-state index in [1.54, 1.807) is 7.11 Å². The van der Waals surface area contributed by atoms with Crippen LogP contribution in [0.4, 0.5) is 0 Å². The van der Waals surface area contributed by atoms with Crippen molar-refractivity contribution < 1.29 is 9.53 Å². The van der Waals surface area contributed by atoms with E-state index >= 15 is 0 Å². The highest BCUT2D eigenvalue weighted by atomic mass is 16.5. The Hall–Kier alpha value is -2.14. The zero-order chi connectivity index (χ0) is 17.3. The number of aromatic amines is 1. The third kappa shape index (κ3) is 2.67. The fourth-order valence-electron chi connectivity index (χ4n) is 4.75. The third-order valence-corrected chi connectivity index (χ3v) is 6.01. The van der Waals surface area contributed by atoms with Crippen molar-refractivity contribution in [3.05, 3.63) is 53.3 Å². The van der Waals surface area contributed by atoms with Crippen LogP contribution in [-0.4, -0.2) is 23.2 Å². The van der Waals surface area contributed by atoms with Crippen molar-refractivity contribution in [3.8, 4) is 0 Å². The van der Waals surface area contributed by atoms with Crippen LogP contribution in [0.2, 0.25) is 0 Å². The number of hydrogen-bond donors (Lipinski definition) is 2. The van der Waals surface area contributed by atoms with Gasteiger partial charge in [-0.3, -0.25) is 9.89 Å². The van der Waals surface area contributed by atoms with E-state index in [4.69, 9.17) is 4.74 Å². The first kappa shape index (κ1) is 16.3. The summed E-state index contributed by atoms with van der Waals surface area (Å²) in [6, 6.07) is 12.3. The molecule has 1 amide bonds. The fraction of sp³-hybridized carbons (Fsp3) is 0.500. The van der Waals surface area contributed by atoms with E-state index in [2.05, 4.69) is 27.6 Å². The molecule has 1 heterocycles. The number of benzene rings is 1. The molecule has 0 radical (unpaired) electrons. The molecule has 0 aliphatic heterocycles. The van der Waals surface area contributed by atoms with Gasteiger partial charge in [-0.25, -0.2) is 0 Å². The first-order valence-corrected chi connectivity index (χ1v) is 9.06. The Morgan fingerprint density at radius 1 is 1.28 bits per heavy atom. The maximum Gasteiger partial charge on any atom is 0.231 e. The Kier molecular flexibility index (Phi) is 4.12. The van der Waals surface area contributed by atoms with E-state index in [0.717, 1.165) is 30.7 Å². The summed E-state index contributed by atoms with van der Waals surface area (Å²) in [5.74, 6) is 0.156. The summed E-state index contributed by atoms with van der Waals surface area (Å²) in [6.45, 7) is 0.946. The predicted molar refractivity (Wildman–Crippen MR) is 94.8 cm³/mol. The number of nitrogens with one attached hydrogen (secondary N) is 2. The van der Waals surface area contributed by atoms with Crippen molar-refractivity contribution in [2.75, 3.05) is 7.11 Å². The van der Waals surface area contributed by atoms with Crippen molar-refractivity contribution in [1.29, 1.82) is 0 Å². The number of carbonyl (C=O) groups is 1. The van der Waals surface area contributed by atoms with Crippen molar-refractivity contribution in [2.24, 2.45) is 5.41 Å². The second-order valence-corrected chi connectivity index (χ2v) is 7.44. The molecule has 0 unspecified atom stereocenters. The number of methoxy groups -OCH3 is 1. The summed E-state index contributed by atoms with van der Waals surface area (Å²) < 4.78 is 5.08. The predicted octanol–water partition coefficient (Wildman–Crippen LogP) is 3.07. The van der Waals surface area contributed by atoms with Gasteiger partial charge in [-0.1, -0.05) is 43.2 Å². The highest BCUT2D eigenvalue weighted by molar-refractivity contribution is 5.93. The lowest BCUT2D eigenvalue weighted by Crippen LogP contribution is -2.38. The second kappa shape index (κ2) is 6.30. The van der Waals surface area contributed by atoms with E-state index < -0.39 is 0 Å². The fourth-order valence-corrected chi connectivity index (χ4v) is 4.75. The monoisotopic (exact) mass is 339 g/mol. The van der Waals surface area contributed by atoms with Gasteiger partial charge in [-0.2, -0.15) is 5.10 Å². The number of amides is 1. The molecule has 2 aliphatic rings. The molecule has 1 spiro atoms. The lowest BCUT2D eigenvalue weighted by Gasteiger charge is -2.22. The molecule has 2 fully saturated rings. The van der Waals surface area contributed by atoms with Crippen LogP contribution < -0.4 is 5.32 Å². The molecule has 25 heavy (non-hydrogen) atoms. The van der Waals surface area contributed by atoms with Crippen LogP contribution in [0.3, 0.4) is 0 Å². The minimum atomic E-state index is -0.347. The maximum atomic E-state index is 13.2. The minimum absolute atomic E-state index is 0.156. The topological polar surface area (TPSA) is 67.0 Å². The van der Waals surface area contributed by atoms with Gasteiger partial charge in [0.15, 0.2) is 0 Å². The molecule has 2 N–H and O–H groups in total. The highest BCUT2D eigenvalue weighted by Gasteiger charge is 2.72. The van der Waals surface area contributed by atoms with Crippen LogP contribution in [0.1, 0.15) is 49.1 Å². The zero-order valence-electron chi connectivity index (χ0n) is 14.7. The first-order chi connectivity index (χ1) is 12.2. The molecule has 0 saturated heterocycles. The summed E-state index contributed by atoms with van der Waals surface area (Å²) in [4.78, 5) is 13.2. The molecule has 2 saturated carbocycles. The van der Waals surface area contributed by atoms with Crippen molar-refractivity contribution in [1.82, 2.24) is 15.5 Å². The van der Waals surface area contributed by atoms with Crippen LogP contribution >= 0.6 is 0 Å². The lowest BCUT2D eigenvalue weighted by atomic mass is 9.84. The smallest absolute Gasteiger partial charge is 0.231 e. The number of ether oxygens (including phenoxy) is 1. The van der Waals surface area contributed by atoms with Crippen LogP contribution in [0.15, 0.2) is 36.4 Å². The molecule has 132 valence electrons. The van der Waals surface area contributed by atoms with Gasteiger partial charge in [0.05, 0.1) is 30.0 Å². The molecule has 0 bridgehead atoms. The van der Waals surface area contributed by atoms with Gasteiger partial charge in [0, 0.05) is 7.11 Å². The summed E-state index contributed by atoms with van der Waals surface area (Å²) in [7, 11) is 1.65. The number of aromatic nitrogens is 2. The van der Waals surface area contributed by atoms with E-state index in [-0.39, 0.29) is 16.7 Å². The third-order valence-electron chi connectivity index (χ3n) is 6.01. The van der Waals surface area contributed by atoms with Gasteiger partial charge in [0.25, 0.3) is 0 Å². The standard InChI is InChI=1S/C20H25N3O2/c1-25-13-17-11-16(22-23-17)12-21-18(24)20(15-7-3-2-4-8-15)14-19(20)9-5-6-10-19/h2-4,7-8,11H,5-6,9-10,12-14H2,1H3,(H,21,24)(H,22,23)/t20-/m1/s1. The van der Waals surface area contributed by atoms with E-state index in [9.17, 15) is 4.79 Å². The summed E-state index contributed by atoms with van der Waals surface area (Å²) >= 11 is 0. The van der Waals surface area contributed by atoms with E-state index in [1.807, 2.05) is 24.3 Å². The van der Waals surface area contributed by atoms with Crippen LogP contribution in [-0.2, 0) is 28.1 Å². The van der Waals surface area contributed by atoms with E-state index in [0.29, 0.717) is 13.2 Å². The minimum Gasteiger partial charge on any atom is -0.378 e. The van der Waals surface area contributed by atoms with Crippen LogP contribution in [0.5, 0.6) is 0 Å². The first-order valence-electron chi connectivity index (χ1n) is 9.06. The summed E-state index contributed by atoms with van der Waals surface area (Å²) in [5, 5.41) is 10.3. The SMILES string of the molecule is COCc1cc(CNC(=O)[C@]2(c3ccccc3)CC23CCCC3)[nH]n1. The highest BCUT2D eigenvalue weighted by Crippen LogP contribution is 2.72. The Morgan fingerprint density at radius 2 is 2.04 bits per heavy atom. The Morgan fingerprint density at radius 3 is 2.76 bits per heavy atom. The largest absolute Gasteiger partial charge is 0.378 e. The zero-order valence-corrected chi connectivity index (χ0v) is 14.7. The molecule has 1 aromatic heterocycles. The van der Waals surface area contributed by atoms with Gasteiger partial charge in [0.1, 0.15) is 0 Å². The van der Waals surface area contributed by atoms with Gasteiger partial charge >= 0.3 is 0 Å². The Labute approximate surface area is 148 Å². The number of rotatable bonds is 6. The average molecular weight is 339 g/mol. The molecular weight excluding hydrogens is 314 g/mol.